The summed E-state index contributed by atoms with van der Waals surface area (Å²) < 4.78 is 0. The normalized spacial score (nSPS) is 10.2. The number of benzene rings is 1. The molecule has 2 rings (SSSR count). The monoisotopic (exact) mass is 277 g/mol. The van der Waals surface area contributed by atoms with E-state index in [4.69, 9.17) is 11.6 Å². The van der Waals surface area contributed by atoms with Crippen molar-refractivity contribution in [2.75, 3.05) is 11.2 Å². The van der Waals surface area contributed by atoms with Crippen molar-refractivity contribution < 1.29 is 9.59 Å². The lowest BCUT2D eigenvalue weighted by molar-refractivity contribution is -0.119. The van der Waals surface area contributed by atoms with Gasteiger partial charge >= 0.3 is 6.03 Å². The SMILES string of the molecule is O=C(CCCl)NC(=O)Nc1cccc2ccncc12. The zero-order valence-corrected chi connectivity index (χ0v) is 10.8. The summed E-state index contributed by atoms with van der Waals surface area (Å²) in [6.45, 7) is 0. The van der Waals surface area contributed by atoms with Crippen LogP contribution >= 0.6 is 11.6 Å². The average molecular weight is 278 g/mol. The van der Waals surface area contributed by atoms with Gasteiger partial charge in [0.1, 0.15) is 0 Å². The molecular weight excluding hydrogens is 266 g/mol. The summed E-state index contributed by atoms with van der Waals surface area (Å²) in [5.74, 6) is -0.233. The van der Waals surface area contributed by atoms with E-state index in [0.29, 0.717) is 5.69 Å². The maximum Gasteiger partial charge on any atom is 0.325 e. The molecule has 98 valence electrons. The third-order valence-corrected chi connectivity index (χ3v) is 2.70. The second-order valence-electron chi connectivity index (χ2n) is 3.84. The van der Waals surface area contributed by atoms with E-state index in [-0.39, 0.29) is 12.3 Å². The molecule has 0 unspecified atom stereocenters. The van der Waals surface area contributed by atoms with E-state index in [0.717, 1.165) is 10.8 Å². The van der Waals surface area contributed by atoms with Gasteiger partial charge in [0.25, 0.3) is 0 Å². The molecule has 0 fully saturated rings. The lowest BCUT2D eigenvalue weighted by atomic mass is 10.1. The first kappa shape index (κ1) is 13.3. The molecule has 6 heteroatoms. The molecule has 2 N–H and O–H groups in total. The average Bonchev–Trinajstić information content (AvgIpc) is 2.39. The molecule has 0 aliphatic heterocycles. The zero-order chi connectivity index (χ0) is 13.7. The van der Waals surface area contributed by atoms with Crippen LogP contribution in [0.5, 0.6) is 0 Å². The second-order valence-corrected chi connectivity index (χ2v) is 4.22. The van der Waals surface area contributed by atoms with E-state index in [2.05, 4.69) is 15.6 Å². The van der Waals surface area contributed by atoms with Crippen molar-refractivity contribution in [2.45, 2.75) is 6.42 Å². The molecule has 0 atom stereocenters. The lowest BCUT2D eigenvalue weighted by Crippen LogP contribution is -2.34. The van der Waals surface area contributed by atoms with Gasteiger partial charge in [0, 0.05) is 30.1 Å². The van der Waals surface area contributed by atoms with Crippen molar-refractivity contribution in [1.29, 1.82) is 0 Å². The Morgan fingerprint density at radius 1 is 1.26 bits per heavy atom. The summed E-state index contributed by atoms with van der Waals surface area (Å²) in [6, 6.07) is 6.75. The van der Waals surface area contributed by atoms with Crippen molar-refractivity contribution >= 4 is 40.0 Å². The van der Waals surface area contributed by atoms with E-state index in [1.165, 1.54) is 0 Å². The van der Waals surface area contributed by atoms with Gasteiger partial charge in [0.2, 0.25) is 5.91 Å². The molecule has 0 radical (unpaired) electrons. The minimum atomic E-state index is -0.577. The summed E-state index contributed by atoms with van der Waals surface area (Å²) in [4.78, 5) is 26.9. The van der Waals surface area contributed by atoms with Crippen LogP contribution < -0.4 is 10.6 Å². The molecule has 0 bridgehead atoms. The molecule has 0 aliphatic carbocycles. The highest BCUT2D eigenvalue weighted by atomic mass is 35.5. The Bertz CT molecular complexity index is 610. The molecule has 2 aromatic rings. The van der Waals surface area contributed by atoms with Crippen molar-refractivity contribution in [1.82, 2.24) is 10.3 Å². The van der Waals surface area contributed by atoms with Crippen molar-refractivity contribution in [3.63, 3.8) is 0 Å². The number of hydrogen-bond donors (Lipinski definition) is 2. The first-order valence-electron chi connectivity index (χ1n) is 5.70. The van der Waals surface area contributed by atoms with Crippen LogP contribution in [-0.4, -0.2) is 22.8 Å². The number of pyridine rings is 1. The number of amides is 3. The van der Waals surface area contributed by atoms with Crippen LogP contribution in [0.4, 0.5) is 10.5 Å². The number of fused-ring (bicyclic) bond motifs is 1. The third-order valence-electron chi connectivity index (χ3n) is 2.51. The number of nitrogens with one attached hydrogen (secondary N) is 2. The van der Waals surface area contributed by atoms with Crippen LogP contribution in [0.2, 0.25) is 0 Å². The van der Waals surface area contributed by atoms with Crippen molar-refractivity contribution in [2.24, 2.45) is 0 Å². The third kappa shape index (κ3) is 3.42. The number of rotatable bonds is 3. The fraction of sp³-hybridized carbons (Fsp3) is 0.154. The Morgan fingerprint density at radius 3 is 2.89 bits per heavy atom. The molecule has 0 saturated heterocycles. The predicted molar refractivity (Wildman–Crippen MR) is 74.2 cm³/mol. The van der Waals surface area contributed by atoms with Crippen molar-refractivity contribution in [3.05, 3.63) is 36.7 Å². The smallest absolute Gasteiger partial charge is 0.307 e. The van der Waals surface area contributed by atoms with Crippen LogP contribution in [-0.2, 0) is 4.79 Å². The van der Waals surface area contributed by atoms with Crippen LogP contribution in [0.25, 0.3) is 10.8 Å². The summed E-state index contributed by atoms with van der Waals surface area (Å²) in [5, 5.41) is 6.59. The summed E-state index contributed by atoms with van der Waals surface area (Å²) in [7, 11) is 0. The zero-order valence-electron chi connectivity index (χ0n) is 10.0. The molecule has 0 spiro atoms. The Kier molecular flexibility index (Phi) is 4.30. The molecule has 3 amide bonds. The highest BCUT2D eigenvalue weighted by Crippen LogP contribution is 2.21. The van der Waals surface area contributed by atoms with Gasteiger partial charge in [-0.15, -0.1) is 11.6 Å². The van der Waals surface area contributed by atoms with Gasteiger partial charge in [-0.3, -0.25) is 15.1 Å². The lowest BCUT2D eigenvalue weighted by Gasteiger charge is -2.08. The minimum Gasteiger partial charge on any atom is -0.307 e. The van der Waals surface area contributed by atoms with Crippen LogP contribution in [0.3, 0.4) is 0 Å². The number of urea groups is 1. The predicted octanol–water partition coefficient (Wildman–Crippen LogP) is 2.51. The highest BCUT2D eigenvalue weighted by molar-refractivity contribution is 6.19. The highest BCUT2D eigenvalue weighted by Gasteiger charge is 2.08. The van der Waals surface area contributed by atoms with Gasteiger partial charge in [-0.25, -0.2) is 4.79 Å². The second kappa shape index (κ2) is 6.15. The Morgan fingerprint density at radius 2 is 2.11 bits per heavy atom. The van der Waals surface area contributed by atoms with E-state index in [9.17, 15) is 9.59 Å². The van der Waals surface area contributed by atoms with E-state index in [1.54, 1.807) is 18.5 Å². The minimum absolute atomic E-state index is 0.103. The molecule has 1 aromatic heterocycles. The molecular formula is C13H12ClN3O2. The van der Waals surface area contributed by atoms with E-state index < -0.39 is 11.9 Å². The summed E-state index contributed by atoms with van der Waals surface area (Å²) in [5.41, 5.74) is 0.599. The molecule has 19 heavy (non-hydrogen) atoms. The number of alkyl halides is 1. The Hall–Kier alpha value is -2.14. The number of nitrogens with zero attached hydrogens (tertiary/aromatic N) is 1. The molecule has 0 saturated carbocycles. The standard InChI is InChI=1S/C13H12ClN3O2/c14-6-4-12(18)17-13(19)16-11-3-1-2-9-5-7-15-8-10(9)11/h1-3,5,7-8H,4,6H2,(H2,16,17,18,19). The number of halogens is 1. The number of carbonyl (C=O) groups is 2. The number of anilines is 1. The number of imide groups is 1. The maximum absolute atomic E-state index is 11.6. The van der Waals surface area contributed by atoms with Gasteiger partial charge in [0.15, 0.2) is 0 Å². The maximum atomic E-state index is 11.6. The Balaban J connectivity index is 2.13. The van der Waals surface area contributed by atoms with Gasteiger partial charge in [-0.05, 0) is 17.5 Å². The fourth-order valence-corrected chi connectivity index (χ4v) is 1.82. The summed E-state index contributed by atoms with van der Waals surface area (Å²) >= 11 is 5.42. The van der Waals surface area contributed by atoms with Gasteiger partial charge in [-0.2, -0.15) is 0 Å². The first-order chi connectivity index (χ1) is 9.20. The van der Waals surface area contributed by atoms with Crippen molar-refractivity contribution in [3.8, 4) is 0 Å². The Labute approximate surface area is 115 Å². The molecule has 1 aromatic carbocycles. The number of aromatic nitrogens is 1. The van der Waals surface area contributed by atoms with E-state index in [1.807, 2.05) is 18.2 Å². The molecule has 1 heterocycles. The van der Waals surface area contributed by atoms with Gasteiger partial charge in [-0.1, -0.05) is 12.1 Å². The molecule has 0 aliphatic rings. The topological polar surface area (TPSA) is 71.1 Å². The fourth-order valence-electron chi connectivity index (χ4n) is 1.65. The van der Waals surface area contributed by atoms with Gasteiger partial charge in [0.05, 0.1) is 5.69 Å². The summed E-state index contributed by atoms with van der Waals surface area (Å²) in [6.07, 6.45) is 3.44. The molecule has 5 nitrogen and oxygen atoms in total. The number of carbonyl (C=O) groups excluding carboxylic acids is 2. The quantitative estimate of drug-likeness (QED) is 0.847. The largest absolute Gasteiger partial charge is 0.325 e. The van der Waals surface area contributed by atoms with Crippen LogP contribution in [0.15, 0.2) is 36.7 Å². The van der Waals surface area contributed by atoms with E-state index >= 15 is 0 Å². The van der Waals surface area contributed by atoms with Crippen LogP contribution in [0.1, 0.15) is 6.42 Å². The van der Waals surface area contributed by atoms with Gasteiger partial charge < -0.3 is 5.32 Å². The van der Waals surface area contributed by atoms with Crippen LogP contribution in [0, 0.1) is 0 Å². The number of hydrogen-bond acceptors (Lipinski definition) is 3. The first-order valence-corrected chi connectivity index (χ1v) is 6.23.